The number of pyridine rings is 4. The maximum absolute atomic E-state index is 4.72. The van der Waals surface area contributed by atoms with Crippen LogP contribution in [0.4, 0.5) is 22.7 Å². The largest absolute Gasteiger partial charge is 0.354 e. The first-order chi connectivity index (χ1) is 18.0. The topological polar surface area (TPSA) is 116 Å². The van der Waals surface area contributed by atoms with Crippen molar-refractivity contribution < 1.29 is 0 Å². The van der Waals surface area contributed by atoms with Gasteiger partial charge in [0.1, 0.15) is 11.2 Å². The first kappa shape index (κ1) is 22.8. The summed E-state index contributed by atoms with van der Waals surface area (Å²) in [5.41, 5.74) is 8.96. The number of fused-ring (bicyclic) bond motifs is 2. The van der Waals surface area contributed by atoms with Gasteiger partial charge in [0, 0.05) is 40.6 Å². The molecule has 1 aliphatic carbocycles. The minimum Gasteiger partial charge on any atom is -0.354 e. The molecule has 37 heavy (non-hydrogen) atoms. The highest BCUT2D eigenvalue weighted by molar-refractivity contribution is 5.79. The second kappa shape index (κ2) is 9.11. The minimum atomic E-state index is -0.101. The molecule has 5 heterocycles. The Hall–Kier alpha value is -4.63. The molecule has 0 bridgehead atoms. The molecule has 9 heteroatoms. The summed E-state index contributed by atoms with van der Waals surface area (Å²) in [5.74, 6) is 0.669. The van der Waals surface area contributed by atoms with Crippen molar-refractivity contribution in [2.75, 3.05) is 17.7 Å². The number of anilines is 4. The van der Waals surface area contributed by atoms with Gasteiger partial charge in [-0.2, -0.15) is 0 Å². The number of likely N-dealkylation sites (N-methyl/N-ethyl adjacent to an activating group) is 1. The van der Waals surface area contributed by atoms with Crippen molar-refractivity contribution >= 4 is 40.0 Å². The van der Waals surface area contributed by atoms with Crippen LogP contribution in [0.1, 0.15) is 23.9 Å². The van der Waals surface area contributed by atoms with Crippen molar-refractivity contribution in [3.05, 3.63) is 84.2 Å². The minimum absolute atomic E-state index is 0.101. The Morgan fingerprint density at radius 1 is 0.892 bits per heavy atom. The SMILES string of the molecule is CNC1(C)C=Cc2nccc(Nc3ccc(-c4nc5cc(Nc6ccnc(C)c6)cnc5[nH]4)nc3)c2C1. The van der Waals surface area contributed by atoms with E-state index in [1.165, 1.54) is 5.56 Å². The summed E-state index contributed by atoms with van der Waals surface area (Å²) in [6, 6.07) is 11.8. The standard InChI is InChI=1S/C28H27N9/c1-17-12-18(7-10-30-17)34-20-13-25-26(33-16-20)37-27(36-25)24-5-4-19(15-32-24)35-23-8-11-31-22-6-9-28(2,29-3)14-21(22)23/h4-13,15-16,29H,14H2,1-3H3,(H,30,34)(H,31,35)(H,33,36,37). The summed E-state index contributed by atoms with van der Waals surface area (Å²) < 4.78 is 0. The van der Waals surface area contributed by atoms with Gasteiger partial charge in [-0.3, -0.25) is 15.0 Å². The number of H-pyrrole nitrogens is 1. The lowest BCUT2D eigenvalue weighted by Gasteiger charge is -2.30. The van der Waals surface area contributed by atoms with Gasteiger partial charge in [0.25, 0.3) is 0 Å². The molecule has 0 fully saturated rings. The van der Waals surface area contributed by atoms with Gasteiger partial charge in [0.15, 0.2) is 11.5 Å². The zero-order valence-corrected chi connectivity index (χ0v) is 20.9. The third-order valence-electron chi connectivity index (χ3n) is 6.62. The van der Waals surface area contributed by atoms with E-state index in [-0.39, 0.29) is 5.54 Å². The van der Waals surface area contributed by atoms with E-state index in [2.05, 4.69) is 59.9 Å². The molecule has 184 valence electrons. The Morgan fingerprint density at radius 3 is 2.57 bits per heavy atom. The average molecular weight is 490 g/mol. The number of rotatable bonds is 6. The van der Waals surface area contributed by atoms with Crippen LogP contribution in [-0.2, 0) is 6.42 Å². The lowest BCUT2D eigenvalue weighted by molar-refractivity contribution is 0.473. The number of aromatic amines is 1. The lowest BCUT2D eigenvalue weighted by Crippen LogP contribution is -2.41. The van der Waals surface area contributed by atoms with Crippen LogP contribution in [0, 0.1) is 6.92 Å². The highest BCUT2D eigenvalue weighted by Gasteiger charge is 2.26. The normalized spacial score (nSPS) is 16.5. The molecular weight excluding hydrogens is 462 g/mol. The predicted molar refractivity (Wildman–Crippen MR) is 147 cm³/mol. The highest BCUT2D eigenvalue weighted by atomic mass is 15.0. The first-order valence-corrected chi connectivity index (χ1v) is 12.1. The second-order valence-electron chi connectivity index (χ2n) is 9.45. The van der Waals surface area contributed by atoms with Gasteiger partial charge < -0.3 is 20.9 Å². The number of imidazole rings is 1. The van der Waals surface area contributed by atoms with Crippen LogP contribution >= 0.6 is 0 Å². The van der Waals surface area contributed by atoms with E-state index in [0.717, 1.165) is 51.8 Å². The summed E-state index contributed by atoms with van der Waals surface area (Å²) in [7, 11) is 1.98. The number of nitrogens with zero attached hydrogens (tertiary/aromatic N) is 5. The molecule has 0 radical (unpaired) electrons. The van der Waals surface area contributed by atoms with Gasteiger partial charge in [0.2, 0.25) is 0 Å². The number of hydrogen-bond acceptors (Lipinski definition) is 8. The Labute approximate surface area is 214 Å². The van der Waals surface area contributed by atoms with Gasteiger partial charge >= 0.3 is 0 Å². The Morgan fingerprint density at radius 2 is 1.76 bits per heavy atom. The van der Waals surface area contributed by atoms with E-state index in [1.807, 2.05) is 62.8 Å². The molecule has 9 nitrogen and oxygen atoms in total. The molecule has 1 aliphatic rings. The zero-order valence-electron chi connectivity index (χ0n) is 20.9. The van der Waals surface area contributed by atoms with Crippen LogP contribution in [0.3, 0.4) is 0 Å². The Kier molecular flexibility index (Phi) is 5.61. The van der Waals surface area contributed by atoms with Gasteiger partial charge in [-0.15, -0.1) is 0 Å². The van der Waals surface area contributed by atoms with E-state index in [9.17, 15) is 0 Å². The van der Waals surface area contributed by atoms with Crippen molar-refractivity contribution in [2.24, 2.45) is 0 Å². The summed E-state index contributed by atoms with van der Waals surface area (Å²) in [6.45, 7) is 4.14. The molecule has 0 spiro atoms. The Bertz CT molecular complexity index is 1620. The fourth-order valence-electron chi connectivity index (χ4n) is 4.45. The maximum atomic E-state index is 4.72. The number of nitrogens with one attached hydrogen (secondary N) is 4. The van der Waals surface area contributed by atoms with Crippen LogP contribution in [-0.4, -0.2) is 42.5 Å². The molecule has 4 N–H and O–H groups in total. The highest BCUT2D eigenvalue weighted by Crippen LogP contribution is 2.31. The predicted octanol–water partition coefficient (Wildman–Crippen LogP) is 5.15. The van der Waals surface area contributed by atoms with Crippen molar-refractivity contribution in [2.45, 2.75) is 25.8 Å². The summed E-state index contributed by atoms with van der Waals surface area (Å²) >= 11 is 0. The van der Waals surface area contributed by atoms with E-state index < -0.39 is 0 Å². The van der Waals surface area contributed by atoms with Crippen molar-refractivity contribution in [1.82, 2.24) is 35.2 Å². The van der Waals surface area contributed by atoms with Crippen molar-refractivity contribution in [3.8, 4) is 11.5 Å². The second-order valence-corrected chi connectivity index (χ2v) is 9.45. The number of hydrogen-bond donors (Lipinski definition) is 4. The van der Waals surface area contributed by atoms with Gasteiger partial charge in [0.05, 0.1) is 29.5 Å². The van der Waals surface area contributed by atoms with Crippen molar-refractivity contribution in [3.63, 3.8) is 0 Å². The van der Waals surface area contributed by atoms with Crippen LogP contribution < -0.4 is 16.0 Å². The average Bonchev–Trinajstić information content (AvgIpc) is 3.33. The fraction of sp³-hybridized carbons (Fsp3) is 0.179. The van der Waals surface area contributed by atoms with E-state index in [0.29, 0.717) is 11.5 Å². The molecule has 5 aromatic heterocycles. The molecule has 1 unspecified atom stereocenters. The number of aromatic nitrogens is 6. The molecule has 0 saturated carbocycles. The zero-order chi connectivity index (χ0) is 25.4. The monoisotopic (exact) mass is 489 g/mol. The van der Waals surface area contributed by atoms with E-state index in [4.69, 9.17) is 4.98 Å². The lowest BCUT2D eigenvalue weighted by atomic mass is 9.86. The quantitative estimate of drug-likeness (QED) is 0.259. The Balaban J connectivity index is 1.21. The molecule has 1 atom stereocenters. The van der Waals surface area contributed by atoms with Crippen LogP contribution in [0.5, 0.6) is 0 Å². The summed E-state index contributed by atoms with van der Waals surface area (Å²) in [5, 5.41) is 10.3. The van der Waals surface area contributed by atoms with Crippen molar-refractivity contribution in [1.29, 1.82) is 0 Å². The molecular formula is C28H27N9. The van der Waals surface area contributed by atoms with Crippen LogP contribution in [0.15, 0.2) is 67.3 Å². The smallest absolute Gasteiger partial charge is 0.158 e. The molecule has 0 amide bonds. The molecule has 6 rings (SSSR count). The molecule has 0 aromatic carbocycles. The summed E-state index contributed by atoms with van der Waals surface area (Å²) in [6.07, 6.45) is 12.3. The first-order valence-electron chi connectivity index (χ1n) is 12.1. The van der Waals surface area contributed by atoms with Gasteiger partial charge in [-0.1, -0.05) is 6.08 Å². The molecule has 5 aromatic rings. The van der Waals surface area contributed by atoms with E-state index in [1.54, 1.807) is 12.4 Å². The molecule has 0 aliphatic heterocycles. The fourth-order valence-corrected chi connectivity index (χ4v) is 4.45. The third-order valence-corrected chi connectivity index (χ3v) is 6.62. The third kappa shape index (κ3) is 4.64. The maximum Gasteiger partial charge on any atom is 0.158 e. The van der Waals surface area contributed by atoms with Gasteiger partial charge in [-0.05, 0) is 69.8 Å². The summed E-state index contributed by atoms with van der Waals surface area (Å²) in [4.78, 5) is 25.9. The van der Waals surface area contributed by atoms with E-state index >= 15 is 0 Å². The molecule has 0 saturated heterocycles. The van der Waals surface area contributed by atoms with Crippen LogP contribution in [0.2, 0.25) is 0 Å². The van der Waals surface area contributed by atoms with Gasteiger partial charge in [-0.25, -0.2) is 9.97 Å². The number of aryl methyl sites for hydroxylation is 1. The van der Waals surface area contributed by atoms with Crippen LogP contribution in [0.25, 0.3) is 28.8 Å².